The van der Waals surface area contributed by atoms with Crippen LogP contribution in [0.2, 0.25) is 0 Å². The molecule has 0 bridgehead atoms. The van der Waals surface area contributed by atoms with Gasteiger partial charge >= 0.3 is 0 Å². The number of nitrogens with one attached hydrogen (secondary N) is 1. The molecule has 8 rings (SSSR count). The van der Waals surface area contributed by atoms with Crippen LogP contribution in [0.3, 0.4) is 0 Å². The molecule has 33 heavy (non-hydrogen) atoms. The Morgan fingerprint density at radius 3 is 2.15 bits per heavy atom. The Balaban J connectivity index is 0.000000105. The summed E-state index contributed by atoms with van der Waals surface area (Å²) in [4.78, 5) is 24.2. The number of fused-ring (bicyclic) bond motifs is 6. The number of halogens is 1. The zero-order valence-electron chi connectivity index (χ0n) is 18.9. The van der Waals surface area contributed by atoms with Gasteiger partial charge in [0.15, 0.2) is 0 Å². The highest BCUT2D eigenvalue weighted by Crippen LogP contribution is 2.55. The van der Waals surface area contributed by atoms with Gasteiger partial charge in [-0.2, -0.15) is 0 Å². The van der Waals surface area contributed by atoms with Gasteiger partial charge in [0.25, 0.3) is 0 Å². The number of rotatable bonds is 2. The lowest BCUT2D eigenvalue weighted by atomic mass is 10.0. The maximum absolute atomic E-state index is 12.2. The van der Waals surface area contributed by atoms with Gasteiger partial charge in [0.2, 0.25) is 11.1 Å². The first-order valence-electron chi connectivity index (χ1n) is 12.5. The molecule has 0 saturated heterocycles. The minimum atomic E-state index is -0.157. The van der Waals surface area contributed by atoms with Gasteiger partial charge in [-0.1, -0.05) is 36.4 Å². The van der Waals surface area contributed by atoms with E-state index in [1.807, 2.05) is 0 Å². The average Bonchev–Trinajstić information content (AvgIpc) is 3.69. The van der Waals surface area contributed by atoms with Crippen LogP contribution in [-0.4, -0.2) is 24.2 Å². The Morgan fingerprint density at radius 1 is 0.818 bits per heavy atom. The molecule has 172 valence electrons. The second-order valence-electron chi connectivity index (χ2n) is 10.5. The first-order valence-corrected chi connectivity index (χ1v) is 12.9. The van der Waals surface area contributed by atoms with Crippen molar-refractivity contribution in [1.29, 1.82) is 0 Å². The van der Waals surface area contributed by atoms with Crippen molar-refractivity contribution in [2.75, 3.05) is 23.3 Å². The average molecular weight is 463 g/mol. The van der Waals surface area contributed by atoms with Crippen molar-refractivity contribution < 1.29 is 9.59 Å². The quantitative estimate of drug-likeness (QED) is 0.563. The normalized spacial score (nSPS) is 29.2. The molecule has 2 aromatic carbocycles. The third-order valence-electron chi connectivity index (χ3n) is 7.90. The molecule has 4 fully saturated rings. The van der Waals surface area contributed by atoms with Gasteiger partial charge in [0.1, 0.15) is 0 Å². The van der Waals surface area contributed by atoms with Crippen LogP contribution in [0.25, 0.3) is 0 Å². The van der Waals surface area contributed by atoms with Crippen LogP contribution in [-0.2, 0) is 9.59 Å². The first kappa shape index (κ1) is 21.2. The van der Waals surface area contributed by atoms with E-state index < -0.39 is 0 Å². The molecule has 6 aliphatic rings. The van der Waals surface area contributed by atoms with E-state index >= 15 is 0 Å². The van der Waals surface area contributed by atoms with Crippen molar-refractivity contribution in [3.8, 4) is 0 Å². The predicted octanol–water partition coefficient (Wildman–Crippen LogP) is 5.92. The summed E-state index contributed by atoms with van der Waals surface area (Å²) in [7, 11) is 0. The van der Waals surface area contributed by atoms with Crippen LogP contribution in [0.5, 0.6) is 0 Å². The van der Waals surface area contributed by atoms with Crippen molar-refractivity contribution in [3.63, 3.8) is 0 Å². The molecular weight excluding hydrogens is 432 g/mol. The summed E-state index contributed by atoms with van der Waals surface area (Å²) in [5, 5.41) is 3.30. The summed E-state index contributed by atoms with van der Waals surface area (Å²) in [6.07, 6.45) is 6.93. The molecule has 2 aromatic rings. The van der Waals surface area contributed by atoms with Crippen LogP contribution < -0.4 is 10.2 Å². The van der Waals surface area contributed by atoms with Gasteiger partial charge in [-0.3, -0.25) is 9.59 Å². The maximum Gasteiger partial charge on any atom is 0.230 e. The van der Waals surface area contributed by atoms with Gasteiger partial charge in [0.05, 0.1) is 0 Å². The van der Waals surface area contributed by atoms with Crippen LogP contribution >= 0.6 is 11.6 Å². The molecule has 4 atom stereocenters. The lowest BCUT2D eigenvalue weighted by Crippen LogP contribution is -2.36. The Hall–Kier alpha value is -2.33. The number of carbonyl (C=O) groups is 2. The summed E-state index contributed by atoms with van der Waals surface area (Å²) in [5.74, 6) is 4.28. The number of amides is 1. The Kier molecular flexibility index (Phi) is 5.44. The zero-order chi connectivity index (χ0) is 22.5. The van der Waals surface area contributed by atoms with Crippen LogP contribution in [0.4, 0.5) is 11.4 Å². The molecule has 2 aliphatic heterocycles. The van der Waals surface area contributed by atoms with E-state index in [4.69, 9.17) is 11.6 Å². The van der Waals surface area contributed by atoms with E-state index in [2.05, 4.69) is 58.7 Å². The standard InChI is InChI=1S/C14H15NO.C10H11N.C4H5ClO/c16-14(9-5-6-9)15-8-10-7-12(10)11-3-1-2-4-13(11)15;1-2-4-10-8(3-1)9-5-7(9)6-11-10;5-4(6)3-1-2-3/h1-4,9-10,12H,5-8H2;1-4,7,9,11H,5-6H2;3H,1-2H2. The fourth-order valence-electron chi connectivity index (χ4n) is 5.36. The second kappa shape index (κ2) is 8.47. The van der Waals surface area contributed by atoms with E-state index in [0.29, 0.717) is 11.8 Å². The number of hydrogen-bond donors (Lipinski definition) is 1. The van der Waals surface area contributed by atoms with Crippen molar-refractivity contribution in [3.05, 3.63) is 59.7 Å². The highest BCUT2D eigenvalue weighted by atomic mass is 35.5. The number of carbonyl (C=O) groups excluding carboxylic acids is 2. The Morgan fingerprint density at radius 2 is 1.45 bits per heavy atom. The van der Waals surface area contributed by atoms with Gasteiger partial charge in [0, 0.05) is 36.3 Å². The third-order valence-corrected chi connectivity index (χ3v) is 8.20. The molecule has 1 amide bonds. The molecule has 0 spiro atoms. The van der Waals surface area contributed by atoms with Crippen LogP contribution in [0, 0.1) is 23.7 Å². The molecule has 5 heteroatoms. The first-order chi connectivity index (χ1) is 16.1. The molecule has 4 nitrogen and oxygen atoms in total. The summed E-state index contributed by atoms with van der Waals surface area (Å²) >= 11 is 5.04. The monoisotopic (exact) mass is 462 g/mol. The lowest BCUT2D eigenvalue weighted by Gasteiger charge is -2.29. The molecule has 0 radical (unpaired) electrons. The van der Waals surface area contributed by atoms with E-state index in [9.17, 15) is 9.59 Å². The smallest absolute Gasteiger partial charge is 0.230 e. The summed E-state index contributed by atoms with van der Waals surface area (Å²) in [5.41, 5.74) is 5.51. The van der Waals surface area contributed by atoms with E-state index in [1.54, 1.807) is 5.56 Å². The van der Waals surface area contributed by atoms with Gasteiger partial charge in [-0.05, 0) is 97.1 Å². The number of hydrogen-bond acceptors (Lipinski definition) is 3. The van der Waals surface area contributed by atoms with Crippen LogP contribution in [0.1, 0.15) is 61.5 Å². The van der Waals surface area contributed by atoms with E-state index in [-0.39, 0.29) is 11.2 Å². The van der Waals surface area contributed by atoms with E-state index in [0.717, 1.165) is 55.9 Å². The summed E-state index contributed by atoms with van der Waals surface area (Å²) in [6, 6.07) is 17.1. The molecule has 4 saturated carbocycles. The molecule has 2 heterocycles. The van der Waals surface area contributed by atoms with Crippen LogP contribution in [0.15, 0.2) is 48.5 Å². The van der Waals surface area contributed by atoms with Gasteiger partial charge in [-0.25, -0.2) is 0 Å². The minimum Gasteiger partial charge on any atom is -0.385 e. The zero-order valence-corrected chi connectivity index (χ0v) is 19.6. The Bertz CT molecular complexity index is 1080. The molecule has 1 N–H and O–H groups in total. The largest absolute Gasteiger partial charge is 0.385 e. The molecule has 4 unspecified atom stereocenters. The Labute approximate surface area is 200 Å². The fraction of sp³-hybridized carbons (Fsp3) is 0.500. The van der Waals surface area contributed by atoms with E-state index in [1.165, 1.54) is 36.3 Å². The van der Waals surface area contributed by atoms with Crippen molar-refractivity contribution in [2.24, 2.45) is 23.7 Å². The highest BCUT2D eigenvalue weighted by Gasteiger charge is 2.48. The fourth-order valence-corrected chi connectivity index (χ4v) is 5.57. The number of anilines is 2. The second-order valence-corrected chi connectivity index (χ2v) is 10.9. The highest BCUT2D eigenvalue weighted by molar-refractivity contribution is 6.64. The maximum atomic E-state index is 12.2. The third kappa shape index (κ3) is 4.55. The minimum absolute atomic E-state index is 0.157. The molecular formula is C28H31ClN2O2. The van der Waals surface area contributed by atoms with Gasteiger partial charge < -0.3 is 10.2 Å². The van der Waals surface area contributed by atoms with Crippen molar-refractivity contribution in [1.82, 2.24) is 0 Å². The SMILES string of the molecule is O=C(C1CC1)N1CC2CC2c2ccccc21.O=C(Cl)C1CC1.c1ccc2c(c1)NCC1CC21. The van der Waals surface area contributed by atoms with Crippen molar-refractivity contribution in [2.45, 2.75) is 50.4 Å². The van der Waals surface area contributed by atoms with Crippen molar-refractivity contribution >= 4 is 34.1 Å². The lowest BCUT2D eigenvalue weighted by molar-refractivity contribution is -0.120. The number of benzene rings is 2. The number of nitrogens with zero attached hydrogens (tertiary/aromatic N) is 1. The molecule has 0 aromatic heterocycles. The topological polar surface area (TPSA) is 49.4 Å². The molecule has 4 aliphatic carbocycles. The van der Waals surface area contributed by atoms with Gasteiger partial charge in [-0.15, -0.1) is 0 Å². The number of para-hydroxylation sites is 2. The summed E-state index contributed by atoms with van der Waals surface area (Å²) < 4.78 is 0. The predicted molar refractivity (Wildman–Crippen MR) is 132 cm³/mol. The summed E-state index contributed by atoms with van der Waals surface area (Å²) in [6.45, 7) is 2.17.